The molecule has 0 bridgehead atoms. The van der Waals surface area contributed by atoms with E-state index in [1.54, 1.807) is 0 Å². The van der Waals surface area contributed by atoms with Crippen LogP contribution in [-0.2, 0) is 9.47 Å². The van der Waals surface area contributed by atoms with Gasteiger partial charge in [-0.1, -0.05) is 79.1 Å². The summed E-state index contributed by atoms with van der Waals surface area (Å²) >= 11 is 0. The maximum atomic E-state index is 11.7. The molecule has 0 aliphatic heterocycles. The highest BCUT2D eigenvalue weighted by Gasteiger charge is 2.58. The molecule has 32 heavy (non-hydrogen) atoms. The first-order valence-corrected chi connectivity index (χ1v) is 13.0. The van der Waals surface area contributed by atoms with Crippen molar-refractivity contribution >= 4 is 12.3 Å². The quantitative estimate of drug-likeness (QED) is 0.179. The molecule has 0 heterocycles. The molecule has 0 radical (unpaired) electrons. The van der Waals surface area contributed by atoms with Gasteiger partial charge in [-0.15, -0.1) is 0 Å². The minimum atomic E-state index is -1.33. The molecule has 2 atom stereocenters. The normalized spacial score (nSPS) is 23.4. The van der Waals surface area contributed by atoms with Crippen LogP contribution in [0.4, 0.5) is 9.59 Å². The summed E-state index contributed by atoms with van der Waals surface area (Å²) in [5, 5.41) is 19.1. The molecule has 1 aliphatic carbocycles. The van der Waals surface area contributed by atoms with E-state index in [0.29, 0.717) is 37.5 Å². The Kier molecular flexibility index (Phi) is 13.1. The van der Waals surface area contributed by atoms with Gasteiger partial charge in [0.2, 0.25) is 0 Å². The second-order valence-corrected chi connectivity index (χ2v) is 10.6. The van der Waals surface area contributed by atoms with Crippen molar-refractivity contribution in [1.82, 2.24) is 0 Å². The van der Waals surface area contributed by atoms with Gasteiger partial charge in [-0.05, 0) is 63.2 Å². The predicted octanol–water partition coefficient (Wildman–Crippen LogP) is 8.42. The summed E-state index contributed by atoms with van der Waals surface area (Å²) in [5.74, 6) is 1.37. The van der Waals surface area contributed by atoms with E-state index in [0.717, 1.165) is 64.2 Å². The lowest BCUT2D eigenvalue weighted by Crippen LogP contribution is -2.60. The van der Waals surface area contributed by atoms with Crippen LogP contribution < -0.4 is 0 Å². The van der Waals surface area contributed by atoms with Crippen LogP contribution in [0.15, 0.2) is 0 Å². The fraction of sp³-hybridized carbons (Fsp3) is 0.923. The van der Waals surface area contributed by atoms with Crippen LogP contribution in [0, 0.1) is 11.8 Å². The van der Waals surface area contributed by atoms with Crippen LogP contribution in [-0.4, -0.2) is 33.7 Å². The van der Waals surface area contributed by atoms with Crippen LogP contribution in [0.3, 0.4) is 0 Å². The first-order chi connectivity index (χ1) is 15.1. The Labute approximate surface area is 195 Å². The number of hydrogen-bond acceptors (Lipinski definition) is 4. The smallest absolute Gasteiger partial charge is 0.450 e. The zero-order chi connectivity index (χ0) is 24.0. The first kappa shape index (κ1) is 28.6. The standard InChI is InChI=1S/C26H48O6/c1-21(2)15-9-5-7-11-17-25(31-23(27)28)19-13-14-20-26(25,32-24(29)30)18-12-8-6-10-16-22(3)4/h21-22H,5-20H2,1-4H3,(H,27,28)(H,29,30). The van der Waals surface area contributed by atoms with Crippen molar-refractivity contribution in [2.75, 3.05) is 0 Å². The third-order valence-electron chi connectivity index (χ3n) is 7.03. The molecule has 6 nitrogen and oxygen atoms in total. The number of rotatable bonds is 16. The Morgan fingerprint density at radius 3 is 1.31 bits per heavy atom. The average molecular weight is 457 g/mol. The molecular weight excluding hydrogens is 408 g/mol. The third-order valence-corrected chi connectivity index (χ3v) is 7.03. The summed E-state index contributed by atoms with van der Waals surface area (Å²) in [7, 11) is 0. The summed E-state index contributed by atoms with van der Waals surface area (Å²) in [4.78, 5) is 23.4. The molecule has 0 saturated heterocycles. The number of hydrogen-bond donors (Lipinski definition) is 2. The van der Waals surface area contributed by atoms with Gasteiger partial charge in [-0.3, -0.25) is 0 Å². The molecule has 2 unspecified atom stereocenters. The summed E-state index contributed by atoms with van der Waals surface area (Å²) < 4.78 is 11.2. The third kappa shape index (κ3) is 9.99. The summed E-state index contributed by atoms with van der Waals surface area (Å²) in [6.07, 6.45) is 11.7. The largest absolute Gasteiger partial charge is 0.506 e. The number of unbranched alkanes of at least 4 members (excludes halogenated alkanes) is 6. The highest BCUT2D eigenvalue weighted by atomic mass is 16.7. The van der Waals surface area contributed by atoms with Gasteiger partial charge in [0.15, 0.2) is 11.2 Å². The lowest BCUT2D eigenvalue weighted by atomic mass is 9.66. The van der Waals surface area contributed by atoms with Crippen molar-refractivity contribution < 1.29 is 29.3 Å². The molecule has 0 aromatic rings. The minimum absolute atomic E-state index is 0.529. The van der Waals surface area contributed by atoms with Crippen molar-refractivity contribution in [3.05, 3.63) is 0 Å². The Bertz CT molecular complexity index is 498. The average Bonchev–Trinajstić information content (AvgIpc) is 2.68. The molecule has 0 amide bonds. The van der Waals surface area contributed by atoms with Crippen LogP contribution >= 0.6 is 0 Å². The molecule has 2 N–H and O–H groups in total. The van der Waals surface area contributed by atoms with Gasteiger partial charge in [0.1, 0.15) is 0 Å². The molecule has 1 fully saturated rings. The number of carboxylic acid groups (broad SMARTS) is 2. The van der Waals surface area contributed by atoms with E-state index in [9.17, 15) is 19.8 Å². The Balaban J connectivity index is 2.88. The number of ether oxygens (including phenoxy) is 2. The highest BCUT2D eigenvalue weighted by molar-refractivity contribution is 5.60. The van der Waals surface area contributed by atoms with Gasteiger partial charge in [0.25, 0.3) is 0 Å². The van der Waals surface area contributed by atoms with Crippen molar-refractivity contribution in [2.45, 2.75) is 142 Å². The maximum Gasteiger partial charge on any atom is 0.506 e. The molecule has 188 valence electrons. The van der Waals surface area contributed by atoms with Gasteiger partial charge in [0.05, 0.1) is 0 Å². The fourth-order valence-corrected chi connectivity index (χ4v) is 5.34. The molecule has 0 aromatic carbocycles. The van der Waals surface area contributed by atoms with E-state index in [1.165, 1.54) is 12.8 Å². The van der Waals surface area contributed by atoms with Crippen molar-refractivity contribution in [3.63, 3.8) is 0 Å². The Hall–Kier alpha value is -1.46. The summed E-state index contributed by atoms with van der Waals surface area (Å²) in [5.41, 5.74) is -2.16. The monoisotopic (exact) mass is 456 g/mol. The van der Waals surface area contributed by atoms with E-state index in [4.69, 9.17) is 9.47 Å². The van der Waals surface area contributed by atoms with Crippen LogP contribution in [0.25, 0.3) is 0 Å². The zero-order valence-electron chi connectivity index (χ0n) is 21.0. The maximum absolute atomic E-state index is 11.7. The minimum Gasteiger partial charge on any atom is -0.450 e. The second kappa shape index (κ2) is 14.6. The molecule has 1 saturated carbocycles. The van der Waals surface area contributed by atoms with Crippen LogP contribution in [0.2, 0.25) is 0 Å². The van der Waals surface area contributed by atoms with E-state index >= 15 is 0 Å². The topological polar surface area (TPSA) is 93.1 Å². The first-order valence-electron chi connectivity index (χ1n) is 13.0. The van der Waals surface area contributed by atoms with Crippen LogP contribution in [0.1, 0.15) is 130 Å². The van der Waals surface area contributed by atoms with E-state index < -0.39 is 23.5 Å². The Morgan fingerprint density at radius 2 is 1.00 bits per heavy atom. The molecular formula is C26H48O6. The van der Waals surface area contributed by atoms with Gasteiger partial charge < -0.3 is 19.7 Å². The predicted molar refractivity (Wildman–Crippen MR) is 127 cm³/mol. The fourth-order valence-electron chi connectivity index (χ4n) is 5.34. The highest BCUT2D eigenvalue weighted by Crippen LogP contribution is 2.49. The van der Waals surface area contributed by atoms with Crippen molar-refractivity contribution in [2.24, 2.45) is 11.8 Å². The number of carbonyl (C=O) groups is 2. The van der Waals surface area contributed by atoms with Gasteiger partial charge in [-0.2, -0.15) is 0 Å². The second-order valence-electron chi connectivity index (χ2n) is 10.6. The van der Waals surface area contributed by atoms with Crippen molar-refractivity contribution in [3.8, 4) is 0 Å². The molecule has 0 spiro atoms. The van der Waals surface area contributed by atoms with E-state index in [2.05, 4.69) is 27.7 Å². The van der Waals surface area contributed by atoms with Gasteiger partial charge in [0, 0.05) is 0 Å². The van der Waals surface area contributed by atoms with Crippen molar-refractivity contribution in [1.29, 1.82) is 0 Å². The molecule has 1 aliphatic rings. The Morgan fingerprint density at radius 1 is 0.656 bits per heavy atom. The lowest BCUT2D eigenvalue weighted by molar-refractivity contribution is -0.197. The molecule has 1 rings (SSSR count). The lowest BCUT2D eigenvalue weighted by Gasteiger charge is -2.51. The zero-order valence-corrected chi connectivity index (χ0v) is 21.0. The van der Waals surface area contributed by atoms with E-state index in [-0.39, 0.29) is 0 Å². The summed E-state index contributed by atoms with van der Waals surface area (Å²) in [6, 6.07) is 0. The van der Waals surface area contributed by atoms with E-state index in [1.807, 2.05) is 0 Å². The summed E-state index contributed by atoms with van der Waals surface area (Å²) in [6.45, 7) is 8.88. The SMILES string of the molecule is CC(C)CCCCCCC1(OC(=O)O)CCCCC1(CCCCCCC(C)C)OC(=O)O. The molecule has 6 heteroatoms. The van der Waals surface area contributed by atoms with Crippen LogP contribution in [0.5, 0.6) is 0 Å². The van der Waals surface area contributed by atoms with Gasteiger partial charge in [-0.25, -0.2) is 9.59 Å². The van der Waals surface area contributed by atoms with Gasteiger partial charge >= 0.3 is 12.3 Å². The molecule has 0 aromatic heterocycles.